The Morgan fingerprint density at radius 1 is 1.24 bits per heavy atom. The molecule has 1 unspecified atom stereocenters. The highest BCUT2D eigenvalue weighted by molar-refractivity contribution is 5.70. The van der Waals surface area contributed by atoms with Crippen LogP contribution in [0.4, 0.5) is 0 Å². The fraction of sp³-hybridized carbons (Fsp3) is 0.588. The molecular formula is C17H25NO3. The third kappa shape index (κ3) is 4.83. The molecule has 4 heteroatoms. The molecule has 1 aliphatic rings. The lowest BCUT2D eigenvalue weighted by molar-refractivity contribution is -0.146. The molecule has 0 amide bonds. The Morgan fingerprint density at radius 3 is 2.52 bits per heavy atom. The number of nitrogens with two attached hydrogens (primary N) is 1. The lowest BCUT2D eigenvalue weighted by Gasteiger charge is -2.22. The molecule has 0 saturated heterocycles. The largest absolute Gasteiger partial charge is 0.467 e. The van der Waals surface area contributed by atoms with Gasteiger partial charge < -0.3 is 15.2 Å². The van der Waals surface area contributed by atoms with E-state index in [2.05, 4.69) is 29.0 Å². The molecule has 0 aromatic heterocycles. The first-order valence-corrected chi connectivity index (χ1v) is 7.70. The zero-order valence-electron chi connectivity index (χ0n) is 12.7. The van der Waals surface area contributed by atoms with Gasteiger partial charge in [-0.3, -0.25) is 0 Å². The van der Waals surface area contributed by atoms with Gasteiger partial charge in [-0.15, -0.1) is 0 Å². The molecule has 1 aromatic rings. The van der Waals surface area contributed by atoms with Crippen molar-refractivity contribution in [2.24, 2.45) is 5.73 Å². The molecule has 1 aromatic carbocycles. The third-order valence-electron chi connectivity index (χ3n) is 4.19. The zero-order valence-corrected chi connectivity index (χ0v) is 12.7. The van der Waals surface area contributed by atoms with Crippen molar-refractivity contribution in [2.75, 3.05) is 20.3 Å². The fourth-order valence-corrected chi connectivity index (χ4v) is 2.88. The molecule has 1 aliphatic carbocycles. The molecule has 1 fully saturated rings. The van der Waals surface area contributed by atoms with Gasteiger partial charge in [0.2, 0.25) is 0 Å². The lowest BCUT2D eigenvalue weighted by Crippen LogP contribution is -2.20. The summed E-state index contributed by atoms with van der Waals surface area (Å²) in [4.78, 5) is 11.0. The second-order valence-electron chi connectivity index (χ2n) is 5.70. The van der Waals surface area contributed by atoms with Crippen LogP contribution in [-0.2, 0) is 14.3 Å². The first-order chi connectivity index (χ1) is 10.2. The normalized spacial score (nSPS) is 17.4. The molecule has 2 N–H and O–H groups in total. The smallest absolute Gasteiger partial charge is 0.331 e. The number of carbonyl (C=O) groups excluding carboxylic acids is 1. The number of hydrogen-bond acceptors (Lipinski definition) is 4. The second kappa shape index (κ2) is 8.15. The zero-order chi connectivity index (χ0) is 15.1. The van der Waals surface area contributed by atoms with Crippen molar-refractivity contribution in [1.82, 2.24) is 0 Å². The first-order valence-electron chi connectivity index (χ1n) is 7.70. The molecule has 0 spiro atoms. The van der Waals surface area contributed by atoms with Crippen molar-refractivity contribution < 1.29 is 14.3 Å². The van der Waals surface area contributed by atoms with Gasteiger partial charge in [0.15, 0.2) is 0 Å². The van der Waals surface area contributed by atoms with Gasteiger partial charge in [-0.2, -0.15) is 0 Å². The summed E-state index contributed by atoms with van der Waals surface area (Å²) >= 11 is 0. The van der Waals surface area contributed by atoms with Gasteiger partial charge in [0.1, 0.15) is 6.61 Å². The third-order valence-corrected chi connectivity index (χ3v) is 4.19. The van der Waals surface area contributed by atoms with E-state index in [4.69, 9.17) is 10.5 Å². The topological polar surface area (TPSA) is 61.5 Å². The molecule has 2 rings (SSSR count). The van der Waals surface area contributed by atoms with Crippen LogP contribution in [0.25, 0.3) is 0 Å². The highest BCUT2D eigenvalue weighted by atomic mass is 16.6. The van der Waals surface area contributed by atoms with Crippen LogP contribution in [-0.4, -0.2) is 26.3 Å². The van der Waals surface area contributed by atoms with Crippen molar-refractivity contribution in [1.29, 1.82) is 0 Å². The molecule has 1 saturated carbocycles. The highest BCUT2D eigenvalue weighted by Crippen LogP contribution is 2.32. The molecule has 116 valence electrons. The average Bonchev–Trinajstić information content (AvgIpc) is 2.55. The van der Waals surface area contributed by atoms with Gasteiger partial charge in [0, 0.05) is 0 Å². The number of ether oxygens (including phenoxy) is 2. The predicted molar refractivity (Wildman–Crippen MR) is 82.0 cm³/mol. The monoisotopic (exact) mass is 291 g/mol. The first kappa shape index (κ1) is 16.0. The van der Waals surface area contributed by atoms with Gasteiger partial charge in [0.25, 0.3) is 0 Å². The average molecular weight is 291 g/mol. The summed E-state index contributed by atoms with van der Waals surface area (Å²) in [6.45, 7) is 0.266. The number of hydrogen-bond donors (Lipinski definition) is 1. The summed E-state index contributed by atoms with van der Waals surface area (Å²) in [6.07, 6.45) is 6.65. The fourth-order valence-electron chi connectivity index (χ4n) is 2.88. The summed E-state index contributed by atoms with van der Waals surface area (Å²) in [7, 11) is 1.34. The van der Waals surface area contributed by atoms with Crippen LogP contribution in [0.15, 0.2) is 24.3 Å². The minimum atomic E-state index is -0.380. The molecule has 21 heavy (non-hydrogen) atoms. The van der Waals surface area contributed by atoms with Crippen LogP contribution in [0.1, 0.15) is 55.2 Å². The van der Waals surface area contributed by atoms with Crippen molar-refractivity contribution >= 4 is 5.97 Å². The van der Waals surface area contributed by atoms with Gasteiger partial charge in [-0.25, -0.2) is 4.79 Å². The standard InChI is InChI=1S/C17H25NO3/c1-20-17(19)12-21-11-16(18)15-9-7-14(8-10-15)13-5-3-2-4-6-13/h7-10,13,16H,2-6,11-12,18H2,1H3. The second-order valence-corrected chi connectivity index (χ2v) is 5.70. The number of rotatable bonds is 6. The van der Waals surface area contributed by atoms with Gasteiger partial charge in [0.05, 0.1) is 19.8 Å². The van der Waals surface area contributed by atoms with E-state index in [9.17, 15) is 4.79 Å². The summed E-state index contributed by atoms with van der Waals surface area (Å²) in [6, 6.07) is 8.32. The van der Waals surface area contributed by atoms with E-state index in [1.807, 2.05) is 0 Å². The van der Waals surface area contributed by atoms with E-state index in [-0.39, 0.29) is 18.6 Å². The molecule has 4 nitrogen and oxygen atoms in total. The minimum absolute atomic E-state index is 0.0512. The maximum absolute atomic E-state index is 11.0. The lowest BCUT2D eigenvalue weighted by atomic mass is 9.84. The molecule has 0 radical (unpaired) electrons. The van der Waals surface area contributed by atoms with E-state index in [0.717, 1.165) is 5.56 Å². The van der Waals surface area contributed by atoms with Crippen molar-refractivity contribution in [3.63, 3.8) is 0 Å². The van der Waals surface area contributed by atoms with Crippen LogP contribution in [0.3, 0.4) is 0 Å². The van der Waals surface area contributed by atoms with E-state index in [1.165, 1.54) is 44.8 Å². The Labute approximate surface area is 126 Å². The Kier molecular flexibility index (Phi) is 6.21. The van der Waals surface area contributed by atoms with Crippen LogP contribution in [0.2, 0.25) is 0 Å². The summed E-state index contributed by atoms with van der Waals surface area (Å²) in [5, 5.41) is 0. The summed E-state index contributed by atoms with van der Waals surface area (Å²) < 4.78 is 9.77. The molecule has 0 heterocycles. The van der Waals surface area contributed by atoms with Crippen LogP contribution < -0.4 is 5.73 Å². The predicted octanol–water partition coefficient (Wildman–Crippen LogP) is 2.92. The number of carbonyl (C=O) groups is 1. The van der Waals surface area contributed by atoms with Gasteiger partial charge in [-0.05, 0) is 29.9 Å². The van der Waals surface area contributed by atoms with Crippen molar-refractivity contribution in [2.45, 2.75) is 44.1 Å². The van der Waals surface area contributed by atoms with Crippen LogP contribution >= 0.6 is 0 Å². The van der Waals surface area contributed by atoms with E-state index in [1.54, 1.807) is 0 Å². The van der Waals surface area contributed by atoms with Crippen LogP contribution in [0.5, 0.6) is 0 Å². The van der Waals surface area contributed by atoms with E-state index >= 15 is 0 Å². The van der Waals surface area contributed by atoms with Crippen molar-refractivity contribution in [3.05, 3.63) is 35.4 Å². The van der Waals surface area contributed by atoms with Gasteiger partial charge >= 0.3 is 5.97 Å². The number of benzene rings is 1. The number of esters is 1. The Hall–Kier alpha value is -1.39. The van der Waals surface area contributed by atoms with Gasteiger partial charge in [-0.1, -0.05) is 43.5 Å². The Bertz CT molecular complexity index is 438. The molecule has 0 bridgehead atoms. The van der Waals surface area contributed by atoms with Crippen LogP contribution in [0, 0.1) is 0 Å². The Balaban J connectivity index is 1.84. The molecule has 1 atom stereocenters. The SMILES string of the molecule is COC(=O)COCC(N)c1ccc(C2CCCCC2)cc1. The minimum Gasteiger partial charge on any atom is -0.467 e. The highest BCUT2D eigenvalue weighted by Gasteiger charge is 2.16. The Morgan fingerprint density at radius 2 is 1.90 bits per heavy atom. The van der Waals surface area contributed by atoms with E-state index < -0.39 is 0 Å². The summed E-state index contributed by atoms with van der Waals surface area (Å²) in [5.74, 6) is 0.328. The van der Waals surface area contributed by atoms with E-state index in [0.29, 0.717) is 12.5 Å². The maximum Gasteiger partial charge on any atom is 0.331 e. The molecular weight excluding hydrogens is 266 g/mol. The number of methoxy groups -OCH3 is 1. The maximum atomic E-state index is 11.0. The quantitative estimate of drug-likeness (QED) is 0.819. The summed E-state index contributed by atoms with van der Waals surface area (Å²) in [5.41, 5.74) is 8.53. The van der Waals surface area contributed by atoms with Crippen molar-refractivity contribution in [3.8, 4) is 0 Å². The molecule has 0 aliphatic heterocycles.